The van der Waals surface area contributed by atoms with Gasteiger partial charge in [0, 0.05) is 23.5 Å². The summed E-state index contributed by atoms with van der Waals surface area (Å²) in [6.45, 7) is 8.00. The van der Waals surface area contributed by atoms with Crippen molar-refractivity contribution in [1.29, 1.82) is 0 Å². The molecular formula is C23H26N2O4. The van der Waals surface area contributed by atoms with Crippen LogP contribution in [0.3, 0.4) is 0 Å². The number of carbonyl (C=O) groups is 2. The molecule has 2 amide bonds. The quantitative estimate of drug-likeness (QED) is 0.637. The van der Waals surface area contributed by atoms with Crippen LogP contribution in [0.5, 0.6) is 0 Å². The molecule has 152 valence electrons. The highest BCUT2D eigenvalue weighted by Gasteiger charge is 2.16. The summed E-state index contributed by atoms with van der Waals surface area (Å²) in [5, 5.41) is 5.20. The molecular weight excluding hydrogens is 368 g/mol. The molecule has 0 aliphatic rings. The first kappa shape index (κ1) is 23.4. The molecule has 1 heterocycles. The first-order valence-electron chi connectivity index (χ1n) is 9.50. The van der Waals surface area contributed by atoms with Gasteiger partial charge >= 0.3 is 0 Å². The molecule has 0 aliphatic carbocycles. The summed E-state index contributed by atoms with van der Waals surface area (Å²) < 4.78 is 5.30. The first-order valence-corrected chi connectivity index (χ1v) is 9.50. The maximum atomic E-state index is 12.2. The lowest BCUT2D eigenvalue weighted by Gasteiger charge is -2.07. The fourth-order valence-electron chi connectivity index (χ4n) is 2.13. The van der Waals surface area contributed by atoms with Crippen molar-refractivity contribution in [3.63, 3.8) is 0 Å². The molecule has 0 atom stereocenters. The van der Waals surface area contributed by atoms with Crippen LogP contribution in [0.1, 0.15) is 48.8 Å². The molecule has 0 saturated carbocycles. The van der Waals surface area contributed by atoms with Crippen LogP contribution in [0.4, 0.5) is 11.4 Å². The summed E-state index contributed by atoms with van der Waals surface area (Å²) in [4.78, 5) is 36.3. The van der Waals surface area contributed by atoms with Crippen molar-refractivity contribution in [1.82, 2.24) is 0 Å². The van der Waals surface area contributed by atoms with E-state index >= 15 is 0 Å². The summed E-state index contributed by atoms with van der Waals surface area (Å²) in [6, 6.07) is 19.5. The Bertz CT molecular complexity index is 877. The van der Waals surface area contributed by atoms with Gasteiger partial charge in [-0.3, -0.25) is 14.4 Å². The van der Waals surface area contributed by atoms with E-state index in [0.29, 0.717) is 11.4 Å². The second kappa shape index (κ2) is 12.7. The maximum Gasteiger partial charge on any atom is 0.291 e. The fourth-order valence-corrected chi connectivity index (χ4v) is 2.13. The van der Waals surface area contributed by atoms with Crippen molar-refractivity contribution < 1.29 is 14.0 Å². The zero-order valence-corrected chi connectivity index (χ0v) is 17.1. The van der Waals surface area contributed by atoms with Gasteiger partial charge in [0.1, 0.15) is 0 Å². The summed E-state index contributed by atoms with van der Waals surface area (Å²) in [6.07, 6.45) is 0. The Balaban J connectivity index is 0.000000989. The van der Waals surface area contributed by atoms with Crippen LogP contribution in [-0.2, 0) is 0 Å². The molecule has 0 spiro atoms. The third-order valence-corrected chi connectivity index (χ3v) is 3.28. The SMILES string of the molecule is CC.CC.O=C(Nc1ccccc1)c1cc(=O)cc(C(=O)Nc2ccccc2)o1. The van der Waals surface area contributed by atoms with Gasteiger partial charge in [-0.2, -0.15) is 0 Å². The van der Waals surface area contributed by atoms with E-state index in [1.54, 1.807) is 48.5 Å². The minimum Gasteiger partial charge on any atom is -0.445 e. The van der Waals surface area contributed by atoms with E-state index in [0.717, 1.165) is 12.1 Å². The molecule has 6 nitrogen and oxygen atoms in total. The van der Waals surface area contributed by atoms with E-state index in [-0.39, 0.29) is 11.5 Å². The Morgan fingerprint density at radius 1 is 0.655 bits per heavy atom. The van der Waals surface area contributed by atoms with E-state index in [1.165, 1.54) is 0 Å². The topological polar surface area (TPSA) is 88.4 Å². The largest absolute Gasteiger partial charge is 0.445 e. The Morgan fingerprint density at radius 3 is 1.34 bits per heavy atom. The molecule has 0 saturated heterocycles. The van der Waals surface area contributed by atoms with Crippen molar-refractivity contribution in [2.24, 2.45) is 0 Å². The predicted octanol–water partition coefficient (Wildman–Crippen LogP) is 5.20. The lowest BCUT2D eigenvalue weighted by atomic mass is 10.2. The number of hydrogen-bond donors (Lipinski definition) is 2. The van der Waals surface area contributed by atoms with Crippen LogP contribution in [0.25, 0.3) is 0 Å². The number of carbonyl (C=O) groups excluding carboxylic acids is 2. The van der Waals surface area contributed by atoms with Crippen LogP contribution in [0, 0.1) is 0 Å². The zero-order chi connectivity index (χ0) is 21.6. The van der Waals surface area contributed by atoms with Gasteiger partial charge in [-0.05, 0) is 24.3 Å². The van der Waals surface area contributed by atoms with Crippen molar-refractivity contribution in [3.05, 3.63) is 94.5 Å². The number of nitrogens with one attached hydrogen (secondary N) is 2. The van der Waals surface area contributed by atoms with Crippen molar-refractivity contribution in [3.8, 4) is 0 Å². The van der Waals surface area contributed by atoms with Crippen LogP contribution < -0.4 is 16.1 Å². The summed E-state index contributed by atoms with van der Waals surface area (Å²) in [5.41, 5.74) is 0.603. The van der Waals surface area contributed by atoms with Crippen LogP contribution >= 0.6 is 0 Å². The van der Waals surface area contributed by atoms with Gasteiger partial charge < -0.3 is 15.1 Å². The smallest absolute Gasteiger partial charge is 0.291 e. The summed E-state index contributed by atoms with van der Waals surface area (Å²) in [5.74, 6) is -1.71. The third-order valence-electron chi connectivity index (χ3n) is 3.28. The van der Waals surface area contributed by atoms with Gasteiger partial charge in [0.25, 0.3) is 11.8 Å². The van der Waals surface area contributed by atoms with Gasteiger partial charge in [-0.1, -0.05) is 64.1 Å². The lowest BCUT2D eigenvalue weighted by molar-refractivity contribution is 0.0967. The average molecular weight is 394 g/mol. The second-order valence-corrected chi connectivity index (χ2v) is 5.16. The van der Waals surface area contributed by atoms with Gasteiger partial charge in [0.15, 0.2) is 16.9 Å². The molecule has 0 bridgehead atoms. The Labute approximate surface area is 170 Å². The van der Waals surface area contributed by atoms with E-state index < -0.39 is 17.2 Å². The van der Waals surface area contributed by atoms with E-state index in [4.69, 9.17) is 4.42 Å². The second-order valence-electron chi connectivity index (χ2n) is 5.16. The molecule has 2 N–H and O–H groups in total. The molecule has 1 aromatic heterocycles. The molecule has 0 fully saturated rings. The van der Waals surface area contributed by atoms with Gasteiger partial charge in [0.2, 0.25) is 0 Å². The first-order chi connectivity index (χ1) is 14.1. The fraction of sp³-hybridized carbons (Fsp3) is 0.174. The van der Waals surface area contributed by atoms with Crippen LogP contribution in [0.15, 0.2) is 82.0 Å². The number of anilines is 2. The molecule has 0 radical (unpaired) electrons. The number of para-hydroxylation sites is 2. The third kappa shape index (κ3) is 7.46. The molecule has 0 aliphatic heterocycles. The summed E-state index contributed by atoms with van der Waals surface area (Å²) in [7, 11) is 0. The number of rotatable bonds is 4. The maximum absolute atomic E-state index is 12.2. The van der Waals surface area contributed by atoms with Gasteiger partial charge in [0.05, 0.1) is 0 Å². The Hall–Kier alpha value is -3.67. The van der Waals surface area contributed by atoms with Crippen molar-refractivity contribution in [2.75, 3.05) is 10.6 Å². The molecule has 3 aromatic rings. The highest BCUT2D eigenvalue weighted by Crippen LogP contribution is 2.11. The Morgan fingerprint density at radius 2 is 1.00 bits per heavy atom. The average Bonchev–Trinajstić information content (AvgIpc) is 2.77. The number of amides is 2. The Kier molecular flexibility index (Phi) is 10.2. The minimum atomic E-state index is -0.613. The standard InChI is InChI=1S/C19H14N2O4.2C2H6/c22-15-11-16(18(23)20-13-7-3-1-4-8-13)25-17(12-15)19(24)21-14-9-5-2-6-10-14;2*1-2/h1-12H,(H,20,23)(H,21,24);2*1-2H3. The zero-order valence-electron chi connectivity index (χ0n) is 17.1. The molecule has 0 unspecified atom stereocenters. The van der Waals surface area contributed by atoms with Gasteiger partial charge in [-0.15, -0.1) is 0 Å². The van der Waals surface area contributed by atoms with E-state index in [1.807, 2.05) is 39.8 Å². The van der Waals surface area contributed by atoms with Crippen molar-refractivity contribution >= 4 is 23.2 Å². The van der Waals surface area contributed by atoms with Crippen molar-refractivity contribution in [2.45, 2.75) is 27.7 Å². The van der Waals surface area contributed by atoms with Crippen LogP contribution in [0.2, 0.25) is 0 Å². The van der Waals surface area contributed by atoms with E-state index in [2.05, 4.69) is 10.6 Å². The summed E-state index contributed by atoms with van der Waals surface area (Å²) >= 11 is 0. The number of benzene rings is 2. The molecule has 29 heavy (non-hydrogen) atoms. The van der Waals surface area contributed by atoms with E-state index in [9.17, 15) is 14.4 Å². The normalized spacial score (nSPS) is 9.10. The highest BCUT2D eigenvalue weighted by atomic mass is 16.4. The molecule has 6 heteroatoms. The highest BCUT2D eigenvalue weighted by molar-refractivity contribution is 6.04. The molecule has 2 aromatic carbocycles. The molecule has 3 rings (SSSR count). The number of hydrogen-bond acceptors (Lipinski definition) is 4. The predicted molar refractivity (Wildman–Crippen MR) is 116 cm³/mol. The lowest BCUT2D eigenvalue weighted by Crippen LogP contribution is -2.19. The van der Waals surface area contributed by atoms with Crippen LogP contribution in [-0.4, -0.2) is 11.8 Å². The monoisotopic (exact) mass is 394 g/mol. The minimum absolute atomic E-state index is 0.241. The van der Waals surface area contributed by atoms with Gasteiger partial charge in [-0.25, -0.2) is 0 Å².